The van der Waals surface area contributed by atoms with E-state index in [1.165, 1.54) is 11.6 Å². The van der Waals surface area contributed by atoms with Gasteiger partial charge in [-0.2, -0.15) is 4.39 Å². The first-order valence-electron chi connectivity index (χ1n) is 9.94. The number of halogens is 2. The zero-order chi connectivity index (χ0) is 19.9. The minimum absolute atomic E-state index is 0.0232. The molecule has 146 valence electrons. The molecule has 3 aromatic carbocycles. The molecule has 0 aliphatic heterocycles. The van der Waals surface area contributed by atoms with E-state index < -0.39 is 11.6 Å². The van der Waals surface area contributed by atoms with E-state index >= 15 is 0 Å². The highest BCUT2D eigenvalue weighted by Crippen LogP contribution is 2.31. The van der Waals surface area contributed by atoms with Crippen molar-refractivity contribution in [3.05, 3.63) is 77.9 Å². The van der Waals surface area contributed by atoms with Crippen LogP contribution in [0.4, 0.5) is 8.78 Å². The van der Waals surface area contributed by atoms with Crippen LogP contribution in [0.15, 0.2) is 60.7 Å². The van der Waals surface area contributed by atoms with E-state index in [1.807, 2.05) is 24.3 Å². The Morgan fingerprint density at radius 2 is 1.29 bits per heavy atom. The molecule has 0 amide bonds. The Morgan fingerprint density at radius 3 is 1.89 bits per heavy atom. The van der Waals surface area contributed by atoms with Crippen LogP contribution in [0.25, 0.3) is 22.3 Å². The minimum Gasteiger partial charge on any atom is -0.490 e. The van der Waals surface area contributed by atoms with Crippen molar-refractivity contribution in [2.45, 2.75) is 39.5 Å². The van der Waals surface area contributed by atoms with Gasteiger partial charge >= 0.3 is 0 Å². The van der Waals surface area contributed by atoms with Gasteiger partial charge in [-0.1, -0.05) is 75.2 Å². The van der Waals surface area contributed by atoms with Crippen LogP contribution in [0.5, 0.6) is 5.75 Å². The van der Waals surface area contributed by atoms with Crippen LogP contribution in [0.2, 0.25) is 0 Å². The fraction of sp³-hybridized carbons (Fsp3) is 0.280. The molecular weight excluding hydrogens is 354 g/mol. The van der Waals surface area contributed by atoms with Gasteiger partial charge in [-0.05, 0) is 47.2 Å². The molecule has 0 radical (unpaired) electrons. The lowest BCUT2D eigenvalue weighted by molar-refractivity contribution is 0.286. The topological polar surface area (TPSA) is 9.23 Å². The van der Waals surface area contributed by atoms with Gasteiger partial charge < -0.3 is 4.74 Å². The summed E-state index contributed by atoms with van der Waals surface area (Å²) in [6, 6.07) is 19.0. The van der Waals surface area contributed by atoms with E-state index in [4.69, 9.17) is 4.74 Å². The van der Waals surface area contributed by atoms with E-state index in [9.17, 15) is 8.78 Å². The Balaban J connectivity index is 1.78. The lowest BCUT2D eigenvalue weighted by atomic mass is 9.99. The molecule has 0 aliphatic carbocycles. The van der Waals surface area contributed by atoms with Gasteiger partial charge in [0.2, 0.25) is 5.82 Å². The fourth-order valence-corrected chi connectivity index (χ4v) is 3.18. The Hall–Kier alpha value is -2.68. The Morgan fingerprint density at radius 1 is 0.679 bits per heavy atom. The van der Waals surface area contributed by atoms with E-state index in [2.05, 4.69) is 38.1 Å². The van der Waals surface area contributed by atoms with Crippen molar-refractivity contribution >= 4 is 0 Å². The molecule has 0 saturated carbocycles. The van der Waals surface area contributed by atoms with Gasteiger partial charge in [-0.3, -0.25) is 0 Å². The first-order chi connectivity index (χ1) is 13.6. The molecular formula is C25H26F2O. The number of hydrogen-bond acceptors (Lipinski definition) is 1. The predicted molar refractivity (Wildman–Crippen MR) is 112 cm³/mol. The van der Waals surface area contributed by atoms with E-state index in [-0.39, 0.29) is 11.3 Å². The van der Waals surface area contributed by atoms with Gasteiger partial charge in [0, 0.05) is 5.56 Å². The third-order valence-electron chi connectivity index (χ3n) is 4.94. The lowest BCUT2D eigenvalue weighted by Crippen LogP contribution is -2.01. The number of hydrogen-bond donors (Lipinski definition) is 0. The summed E-state index contributed by atoms with van der Waals surface area (Å²) in [6.45, 7) is 4.61. The highest BCUT2D eigenvalue weighted by Gasteiger charge is 2.16. The van der Waals surface area contributed by atoms with E-state index in [1.54, 1.807) is 6.07 Å². The van der Waals surface area contributed by atoms with Crippen LogP contribution in [-0.2, 0) is 6.42 Å². The van der Waals surface area contributed by atoms with Crippen molar-refractivity contribution in [2.75, 3.05) is 6.61 Å². The molecule has 1 nitrogen and oxygen atoms in total. The molecule has 3 rings (SSSR count). The number of aryl methyl sites for hydroxylation is 1. The lowest BCUT2D eigenvalue weighted by Gasteiger charge is -2.11. The second kappa shape index (κ2) is 9.50. The minimum atomic E-state index is -0.923. The average Bonchev–Trinajstić information content (AvgIpc) is 2.74. The molecule has 0 bridgehead atoms. The summed E-state index contributed by atoms with van der Waals surface area (Å²) in [5.74, 6) is -1.81. The first-order valence-corrected chi connectivity index (χ1v) is 9.94. The summed E-state index contributed by atoms with van der Waals surface area (Å²) in [7, 11) is 0. The quantitative estimate of drug-likeness (QED) is 0.369. The molecule has 0 saturated heterocycles. The molecule has 0 spiro atoms. The molecule has 0 aliphatic rings. The summed E-state index contributed by atoms with van der Waals surface area (Å²) in [5, 5.41) is 0. The van der Waals surface area contributed by atoms with Crippen LogP contribution in [-0.4, -0.2) is 6.61 Å². The number of unbranched alkanes of at least 4 members (excludes halogenated alkanes) is 2. The first kappa shape index (κ1) is 20.1. The molecule has 0 fully saturated rings. The Kier molecular flexibility index (Phi) is 6.80. The maximum atomic E-state index is 14.6. The number of ether oxygens (including phenoxy) is 1. The summed E-state index contributed by atoms with van der Waals surface area (Å²) in [6.07, 6.45) is 3.90. The van der Waals surface area contributed by atoms with Crippen molar-refractivity contribution < 1.29 is 13.5 Å². The second-order valence-electron chi connectivity index (χ2n) is 6.92. The van der Waals surface area contributed by atoms with E-state index in [0.717, 1.165) is 36.8 Å². The molecule has 0 atom stereocenters. The van der Waals surface area contributed by atoms with Crippen LogP contribution in [0.3, 0.4) is 0 Å². The van der Waals surface area contributed by atoms with Gasteiger partial charge in [0.25, 0.3) is 0 Å². The third kappa shape index (κ3) is 4.59. The molecule has 0 heterocycles. The zero-order valence-electron chi connectivity index (χ0n) is 16.5. The maximum Gasteiger partial charge on any atom is 0.201 e. The summed E-state index contributed by atoms with van der Waals surface area (Å²) in [5.41, 5.74) is 4.32. The van der Waals surface area contributed by atoms with Gasteiger partial charge in [-0.25, -0.2) is 4.39 Å². The molecule has 3 aromatic rings. The van der Waals surface area contributed by atoms with Crippen LogP contribution in [0.1, 0.15) is 38.7 Å². The van der Waals surface area contributed by atoms with Crippen molar-refractivity contribution in [2.24, 2.45) is 0 Å². The van der Waals surface area contributed by atoms with Crippen molar-refractivity contribution in [1.82, 2.24) is 0 Å². The average molecular weight is 380 g/mol. The molecule has 28 heavy (non-hydrogen) atoms. The van der Waals surface area contributed by atoms with Crippen molar-refractivity contribution in [3.8, 4) is 28.0 Å². The van der Waals surface area contributed by atoms with Crippen molar-refractivity contribution in [3.63, 3.8) is 0 Å². The zero-order valence-corrected chi connectivity index (χ0v) is 16.5. The van der Waals surface area contributed by atoms with Crippen LogP contribution >= 0.6 is 0 Å². The van der Waals surface area contributed by atoms with Gasteiger partial charge in [-0.15, -0.1) is 0 Å². The molecule has 0 N–H and O–H groups in total. The Labute approximate surface area is 166 Å². The van der Waals surface area contributed by atoms with Crippen LogP contribution in [0, 0.1) is 11.6 Å². The number of rotatable bonds is 8. The Bertz CT molecular complexity index is 899. The van der Waals surface area contributed by atoms with Gasteiger partial charge in [0.15, 0.2) is 11.6 Å². The number of benzene rings is 3. The van der Waals surface area contributed by atoms with Gasteiger partial charge in [0.05, 0.1) is 6.61 Å². The SMILES string of the molecule is CCCCCOc1ccc(-c2ccc(-c3ccc(CC)cc3)cc2)c(F)c1F. The molecule has 3 heteroatoms. The maximum absolute atomic E-state index is 14.6. The normalized spacial score (nSPS) is 10.9. The summed E-state index contributed by atoms with van der Waals surface area (Å²) < 4.78 is 34.3. The monoisotopic (exact) mass is 380 g/mol. The van der Waals surface area contributed by atoms with Crippen molar-refractivity contribution in [1.29, 1.82) is 0 Å². The third-order valence-corrected chi connectivity index (χ3v) is 4.94. The fourth-order valence-electron chi connectivity index (χ4n) is 3.18. The summed E-state index contributed by atoms with van der Waals surface area (Å²) >= 11 is 0. The van der Waals surface area contributed by atoms with E-state index in [0.29, 0.717) is 12.2 Å². The standard InChI is InChI=1S/C25H26F2O/c1-3-5-6-17-28-23-16-15-22(24(26)25(23)27)21-13-11-20(12-14-21)19-9-7-18(4-2)8-10-19/h7-16H,3-6,17H2,1-2H3. The predicted octanol–water partition coefficient (Wildman–Crippen LogP) is 7.43. The smallest absolute Gasteiger partial charge is 0.201 e. The highest BCUT2D eigenvalue weighted by molar-refractivity contribution is 5.71. The summed E-state index contributed by atoms with van der Waals surface area (Å²) in [4.78, 5) is 0. The largest absolute Gasteiger partial charge is 0.490 e. The molecule has 0 unspecified atom stereocenters. The van der Waals surface area contributed by atoms with Crippen LogP contribution < -0.4 is 4.74 Å². The highest BCUT2D eigenvalue weighted by atomic mass is 19.2. The second-order valence-corrected chi connectivity index (χ2v) is 6.92. The van der Waals surface area contributed by atoms with Gasteiger partial charge in [0.1, 0.15) is 0 Å². The molecule has 0 aromatic heterocycles.